The summed E-state index contributed by atoms with van der Waals surface area (Å²) in [5.41, 5.74) is -0.186. The first kappa shape index (κ1) is 12.2. The number of nitro groups is 1. The summed E-state index contributed by atoms with van der Waals surface area (Å²) in [7, 11) is -2.72. The highest BCUT2D eigenvalue weighted by molar-refractivity contribution is 14.1. The molecule has 0 aliphatic heterocycles. The number of hydrogen-bond acceptors (Lipinski definition) is 5. The fraction of sp³-hybridized carbons (Fsp3) is 0.143. The average molecular weight is 343 g/mol. The first-order chi connectivity index (χ1) is 6.91. The zero-order valence-corrected chi connectivity index (χ0v) is 10.3. The molecule has 1 aromatic rings. The van der Waals surface area contributed by atoms with E-state index in [9.17, 15) is 23.6 Å². The van der Waals surface area contributed by atoms with Crippen LogP contribution in [0.2, 0.25) is 0 Å². The van der Waals surface area contributed by atoms with Gasteiger partial charge in [-0.15, -0.1) is 0 Å². The van der Waals surface area contributed by atoms with Gasteiger partial charge in [0.15, 0.2) is 0 Å². The highest BCUT2D eigenvalue weighted by Crippen LogP contribution is 2.29. The second-order valence-electron chi connectivity index (χ2n) is 2.68. The number of benzene rings is 1. The van der Waals surface area contributed by atoms with E-state index in [0.717, 1.165) is 6.07 Å². The van der Waals surface area contributed by atoms with E-state index in [4.69, 9.17) is 0 Å². The molecule has 0 saturated carbocycles. The van der Waals surface area contributed by atoms with Gasteiger partial charge in [0, 0.05) is 17.7 Å². The second kappa shape index (κ2) is 4.75. The predicted octanol–water partition coefficient (Wildman–Crippen LogP) is 1.02. The van der Waals surface area contributed by atoms with Gasteiger partial charge in [-0.1, -0.05) is 0 Å². The molecule has 8 heteroatoms. The summed E-state index contributed by atoms with van der Waals surface area (Å²) in [5, 5.41) is 19.9. The molecule has 1 rings (SSSR count). The third kappa shape index (κ3) is 3.02. The number of halogens is 1. The van der Waals surface area contributed by atoms with Crippen molar-refractivity contribution in [2.24, 2.45) is 0 Å². The van der Waals surface area contributed by atoms with Crippen molar-refractivity contribution in [3.05, 3.63) is 31.4 Å². The van der Waals surface area contributed by atoms with Crippen LogP contribution in [0.15, 0.2) is 12.1 Å². The predicted molar refractivity (Wildman–Crippen MR) is 61.5 cm³/mol. The van der Waals surface area contributed by atoms with Crippen molar-refractivity contribution >= 4 is 39.0 Å². The van der Waals surface area contributed by atoms with E-state index in [1.165, 1.54) is 6.07 Å². The molecule has 0 bridgehead atoms. The molecular formula is C7H6INO5S. The van der Waals surface area contributed by atoms with Crippen LogP contribution in [0.4, 0.5) is 5.69 Å². The van der Waals surface area contributed by atoms with E-state index in [-0.39, 0.29) is 20.6 Å². The Labute approximate surface area is 100 Å². The van der Waals surface area contributed by atoms with Crippen molar-refractivity contribution in [1.29, 1.82) is 0 Å². The Hall–Kier alpha value is -0.900. The SMILES string of the molecule is O=[N+]([O-])c1cc(I)c(O)c(C[SH](=O)=O)c1. The van der Waals surface area contributed by atoms with Crippen molar-refractivity contribution < 1.29 is 18.4 Å². The monoisotopic (exact) mass is 343 g/mol. The van der Waals surface area contributed by atoms with Crippen molar-refractivity contribution in [1.82, 2.24) is 0 Å². The van der Waals surface area contributed by atoms with Gasteiger partial charge in [0.05, 0.1) is 14.2 Å². The fourth-order valence-electron chi connectivity index (χ4n) is 1.01. The second-order valence-corrected chi connectivity index (χ2v) is 4.83. The molecule has 0 aromatic heterocycles. The number of thiol groups is 1. The molecule has 0 unspecified atom stereocenters. The van der Waals surface area contributed by atoms with Crippen LogP contribution in [0.1, 0.15) is 5.56 Å². The maximum Gasteiger partial charge on any atom is 0.271 e. The molecular weight excluding hydrogens is 337 g/mol. The summed E-state index contributed by atoms with van der Waals surface area (Å²) in [4.78, 5) is 9.84. The van der Waals surface area contributed by atoms with Crippen LogP contribution in [0.3, 0.4) is 0 Å². The van der Waals surface area contributed by atoms with E-state index >= 15 is 0 Å². The number of rotatable bonds is 3. The minimum absolute atomic E-state index is 0.0460. The molecule has 0 aliphatic carbocycles. The molecule has 0 aliphatic rings. The minimum atomic E-state index is -2.72. The highest BCUT2D eigenvalue weighted by Gasteiger charge is 2.14. The smallest absolute Gasteiger partial charge is 0.271 e. The Kier molecular flexibility index (Phi) is 3.85. The van der Waals surface area contributed by atoms with Crippen LogP contribution in [-0.2, 0) is 16.5 Å². The first-order valence-electron chi connectivity index (χ1n) is 3.69. The number of phenolic OH excluding ortho intramolecular Hbond substituents is 1. The Bertz CT molecular complexity index is 477. The van der Waals surface area contributed by atoms with Gasteiger partial charge in [-0.3, -0.25) is 10.1 Å². The molecule has 0 spiro atoms. The van der Waals surface area contributed by atoms with Crippen molar-refractivity contribution in [2.45, 2.75) is 5.75 Å². The lowest BCUT2D eigenvalue weighted by molar-refractivity contribution is -0.385. The fourth-order valence-corrected chi connectivity index (χ4v) is 2.19. The highest BCUT2D eigenvalue weighted by atomic mass is 127. The molecule has 6 nitrogen and oxygen atoms in total. The van der Waals surface area contributed by atoms with Gasteiger partial charge < -0.3 is 5.11 Å². The Morgan fingerprint density at radius 3 is 2.53 bits per heavy atom. The molecule has 1 aromatic carbocycles. The number of nitro benzene ring substituents is 1. The van der Waals surface area contributed by atoms with Gasteiger partial charge in [0.2, 0.25) is 0 Å². The van der Waals surface area contributed by atoms with E-state index in [2.05, 4.69) is 0 Å². The van der Waals surface area contributed by atoms with E-state index in [1.54, 1.807) is 22.6 Å². The topological polar surface area (TPSA) is 97.5 Å². The van der Waals surface area contributed by atoms with Crippen molar-refractivity contribution in [2.75, 3.05) is 0 Å². The van der Waals surface area contributed by atoms with Crippen LogP contribution >= 0.6 is 22.6 Å². The van der Waals surface area contributed by atoms with Crippen LogP contribution in [0.25, 0.3) is 0 Å². The lowest BCUT2D eigenvalue weighted by Gasteiger charge is -2.02. The molecule has 0 heterocycles. The third-order valence-corrected chi connectivity index (χ3v) is 3.06. The van der Waals surface area contributed by atoms with Crippen LogP contribution in [-0.4, -0.2) is 18.4 Å². The zero-order valence-electron chi connectivity index (χ0n) is 7.21. The molecule has 0 fully saturated rings. The van der Waals surface area contributed by atoms with Gasteiger partial charge in [0.1, 0.15) is 16.5 Å². The molecule has 0 amide bonds. The molecule has 0 radical (unpaired) electrons. The van der Waals surface area contributed by atoms with Gasteiger partial charge in [-0.05, 0) is 22.6 Å². The summed E-state index contributed by atoms with van der Waals surface area (Å²) in [6, 6.07) is 2.24. The largest absolute Gasteiger partial charge is 0.507 e. The van der Waals surface area contributed by atoms with Crippen molar-refractivity contribution in [3.63, 3.8) is 0 Å². The Morgan fingerprint density at radius 1 is 1.47 bits per heavy atom. The first-order valence-corrected chi connectivity index (χ1v) is 6.13. The normalized spacial score (nSPS) is 10.5. The molecule has 0 saturated heterocycles. The van der Waals surface area contributed by atoms with Gasteiger partial charge in [0.25, 0.3) is 5.69 Å². The quantitative estimate of drug-likeness (QED) is 0.370. The molecule has 1 N–H and O–H groups in total. The van der Waals surface area contributed by atoms with Crippen LogP contribution in [0, 0.1) is 13.7 Å². The Morgan fingerprint density at radius 2 is 2.07 bits per heavy atom. The van der Waals surface area contributed by atoms with Gasteiger partial charge in [-0.2, -0.15) is 0 Å². The van der Waals surface area contributed by atoms with Crippen LogP contribution in [0.5, 0.6) is 5.75 Å². The maximum atomic E-state index is 10.5. The molecule has 0 atom stereocenters. The maximum absolute atomic E-state index is 10.5. The van der Waals surface area contributed by atoms with Gasteiger partial charge in [-0.25, -0.2) is 8.42 Å². The lowest BCUT2D eigenvalue weighted by atomic mass is 10.2. The summed E-state index contributed by atoms with van der Waals surface area (Å²) >= 11 is 1.70. The minimum Gasteiger partial charge on any atom is -0.507 e. The number of non-ortho nitro benzene ring substituents is 1. The standard InChI is InChI=1S/C7H6INO5S/c8-6-2-5(9(11)12)1-4(7(6)10)3-15(13)14/h1-2,10,15H,3H2. The van der Waals surface area contributed by atoms with E-state index < -0.39 is 21.4 Å². The number of hydrogen-bond donors (Lipinski definition) is 2. The number of phenols is 1. The Balaban J connectivity index is 3.30. The van der Waals surface area contributed by atoms with Crippen LogP contribution < -0.4 is 0 Å². The van der Waals surface area contributed by atoms with Gasteiger partial charge >= 0.3 is 0 Å². The van der Waals surface area contributed by atoms with E-state index in [0.29, 0.717) is 0 Å². The summed E-state index contributed by atoms with van der Waals surface area (Å²) in [5.74, 6) is -0.626. The number of aromatic hydroxyl groups is 1. The zero-order chi connectivity index (χ0) is 11.6. The summed E-state index contributed by atoms with van der Waals surface area (Å²) < 4.78 is 21.2. The summed E-state index contributed by atoms with van der Waals surface area (Å²) in [6.45, 7) is 0. The molecule has 15 heavy (non-hydrogen) atoms. The molecule has 82 valence electrons. The lowest BCUT2D eigenvalue weighted by Crippen LogP contribution is -1.94. The average Bonchev–Trinajstić information content (AvgIpc) is 2.11. The summed E-state index contributed by atoms with van der Waals surface area (Å²) in [6.07, 6.45) is 0. The third-order valence-electron chi connectivity index (χ3n) is 1.64. The van der Waals surface area contributed by atoms with Crippen molar-refractivity contribution in [3.8, 4) is 5.75 Å². The number of nitrogens with zero attached hydrogens (tertiary/aromatic N) is 1. The van der Waals surface area contributed by atoms with E-state index in [1.807, 2.05) is 0 Å².